The van der Waals surface area contributed by atoms with Crippen LogP contribution < -0.4 is 4.57 Å². The number of nitrogens with zero attached hydrogens (tertiary/aromatic N) is 2. The summed E-state index contributed by atoms with van der Waals surface area (Å²) in [6.07, 6.45) is 0. The molecule has 9 aromatic rings. The van der Waals surface area contributed by atoms with Crippen LogP contribution in [0.5, 0.6) is 0 Å². The Bertz CT molecular complexity index is 2850. The molecule has 7 aromatic carbocycles. The zero-order valence-electron chi connectivity index (χ0n) is 32.1. The molecule has 0 aliphatic rings. The van der Waals surface area contributed by atoms with Crippen molar-refractivity contribution in [1.82, 2.24) is 4.57 Å². The van der Waals surface area contributed by atoms with Crippen molar-refractivity contribution in [2.45, 2.75) is 66.2 Å². The standard InChI is InChI=1S/C50H47N2S/c1-29(2)36-25-38(30(3)4)48(39(26-36)31(5)6)52-45-21-15-14-20-44(45)51(8)50(52)40-27-42(33-16-10-9-11-17-33)47-43-24-35-23-22-34-18-12-13-19-37(34)41(35)28-46(43)53-49(47)32(40)7/h9-31H,1-8H3/q+1. The lowest BCUT2D eigenvalue weighted by Crippen LogP contribution is -2.30. The van der Waals surface area contributed by atoms with Gasteiger partial charge in [-0.25, -0.2) is 4.57 Å². The molecule has 0 aliphatic carbocycles. The molecule has 0 atom stereocenters. The fraction of sp³-hybridized carbons (Fsp3) is 0.220. The summed E-state index contributed by atoms with van der Waals surface area (Å²) in [7, 11) is 2.26. The maximum absolute atomic E-state index is 2.61. The number of hydrogen-bond donors (Lipinski definition) is 0. The molecule has 0 bridgehead atoms. The van der Waals surface area contributed by atoms with Crippen molar-refractivity contribution in [3.05, 3.63) is 144 Å². The Morgan fingerprint density at radius 1 is 0.585 bits per heavy atom. The Kier molecular flexibility index (Phi) is 8.05. The van der Waals surface area contributed by atoms with Crippen LogP contribution in [0.3, 0.4) is 0 Å². The first-order valence-electron chi connectivity index (χ1n) is 19.2. The van der Waals surface area contributed by atoms with Crippen LogP contribution in [-0.2, 0) is 7.05 Å². The van der Waals surface area contributed by atoms with Gasteiger partial charge in [-0.05, 0) is 98.8 Å². The highest BCUT2D eigenvalue weighted by atomic mass is 32.1. The maximum atomic E-state index is 2.61. The normalized spacial score (nSPS) is 12.3. The third-order valence-corrected chi connectivity index (χ3v) is 12.8. The van der Waals surface area contributed by atoms with Gasteiger partial charge in [0.2, 0.25) is 0 Å². The highest BCUT2D eigenvalue weighted by molar-refractivity contribution is 7.26. The highest BCUT2D eigenvalue weighted by Crippen LogP contribution is 2.48. The maximum Gasteiger partial charge on any atom is 0.295 e. The van der Waals surface area contributed by atoms with Gasteiger partial charge in [0, 0.05) is 31.3 Å². The topological polar surface area (TPSA) is 8.81 Å². The summed E-state index contributed by atoms with van der Waals surface area (Å²) in [6.45, 7) is 16.4. The van der Waals surface area contributed by atoms with Crippen LogP contribution >= 0.6 is 11.3 Å². The van der Waals surface area contributed by atoms with E-state index in [1.807, 2.05) is 11.3 Å². The molecule has 2 heterocycles. The average molecular weight is 708 g/mol. The number of rotatable bonds is 6. The summed E-state index contributed by atoms with van der Waals surface area (Å²) in [6, 6.07) is 45.7. The fourth-order valence-electron chi connectivity index (χ4n) is 8.67. The van der Waals surface area contributed by atoms with Gasteiger partial charge in [0.25, 0.3) is 5.82 Å². The van der Waals surface area contributed by atoms with Crippen molar-refractivity contribution in [3.63, 3.8) is 0 Å². The van der Waals surface area contributed by atoms with E-state index in [2.05, 4.69) is 186 Å². The van der Waals surface area contributed by atoms with E-state index < -0.39 is 0 Å². The molecule has 0 saturated heterocycles. The van der Waals surface area contributed by atoms with E-state index in [1.54, 1.807) is 0 Å². The molecule has 0 radical (unpaired) electrons. The number of para-hydroxylation sites is 2. The zero-order chi connectivity index (χ0) is 36.7. The van der Waals surface area contributed by atoms with Crippen molar-refractivity contribution in [3.8, 4) is 28.2 Å². The Hall–Kier alpha value is -5.25. The number of aryl methyl sites for hydroxylation is 2. The molecule has 0 fully saturated rings. The van der Waals surface area contributed by atoms with Crippen LogP contribution in [0.4, 0.5) is 0 Å². The third-order valence-electron chi connectivity index (χ3n) is 11.5. The van der Waals surface area contributed by atoms with Crippen LogP contribution in [0.25, 0.3) is 81.0 Å². The van der Waals surface area contributed by atoms with Gasteiger partial charge < -0.3 is 0 Å². The smallest absolute Gasteiger partial charge is 0.225 e. The second-order valence-electron chi connectivity index (χ2n) is 15.8. The van der Waals surface area contributed by atoms with Crippen molar-refractivity contribution in [2.24, 2.45) is 7.05 Å². The molecule has 2 aromatic heterocycles. The van der Waals surface area contributed by atoms with Crippen molar-refractivity contribution < 1.29 is 4.57 Å². The van der Waals surface area contributed by atoms with E-state index in [0.717, 1.165) is 0 Å². The lowest BCUT2D eigenvalue weighted by atomic mass is 9.87. The predicted octanol–water partition coefficient (Wildman–Crippen LogP) is 14.1. The van der Waals surface area contributed by atoms with Gasteiger partial charge in [-0.3, -0.25) is 0 Å². The molecule has 0 unspecified atom stereocenters. The van der Waals surface area contributed by atoms with E-state index in [0.29, 0.717) is 17.8 Å². The number of fused-ring (bicyclic) bond motifs is 7. The summed E-state index contributed by atoms with van der Waals surface area (Å²) in [5, 5.41) is 7.89. The Balaban J connectivity index is 1.44. The Morgan fingerprint density at radius 3 is 1.96 bits per heavy atom. The van der Waals surface area contributed by atoms with Gasteiger partial charge in [0.15, 0.2) is 11.0 Å². The predicted molar refractivity (Wildman–Crippen MR) is 230 cm³/mol. The second-order valence-corrected chi connectivity index (χ2v) is 16.9. The fourth-order valence-corrected chi connectivity index (χ4v) is 9.93. The SMILES string of the molecule is Cc1c(-c2n(-c3c(C(C)C)cc(C(C)C)cc3C(C)C)c3ccccc3[n+]2C)cc(-c2ccccc2)c2c1sc1cc3c(ccc4ccccc43)cc12. The molecule has 0 spiro atoms. The molecule has 0 amide bonds. The van der Waals surface area contributed by atoms with Gasteiger partial charge in [0.1, 0.15) is 5.69 Å². The number of aromatic nitrogens is 2. The van der Waals surface area contributed by atoms with Gasteiger partial charge in [-0.2, -0.15) is 4.57 Å². The minimum Gasteiger partial charge on any atom is -0.225 e. The van der Waals surface area contributed by atoms with Crippen LogP contribution in [0.1, 0.15) is 81.5 Å². The minimum absolute atomic E-state index is 0.358. The molecule has 9 rings (SSSR count). The average Bonchev–Trinajstić information content (AvgIpc) is 3.68. The van der Waals surface area contributed by atoms with Crippen LogP contribution in [-0.4, -0.2) is 4.57 Å². The lowest BCUT2D eigenvalue weighted by Gasteiger charge is -2.22. The lowest BCUT2D eigenvalue weighted by molar-refractivity contribution is -0.633. The van der Waals surface area contributed by atoms with E-state index in [4.69, 9.17) is 0 Å². The first kappa shape index (κ1) is 33.6. The molecule has 2 nitrogen and oxygen atoms in total. The van der Waals surface area contributed by atoms with E-state index in [-0.39, 0.29) is 0 Å². The quantitative estimate of drug-likeness (QED) is 0.120. The highest BCUT2D eigenvalue weighted by Gasteiger charge is 2.33. The molecule has 0 N–H and O–H groups in total. The molecule has 0 saturated carbocycles. The molecular weight excluding hydrogens is 661 g/mol. The molecule has 0 aliphatic heterocycles. The van der Waals surface area contributed by atoms with Gasteiger partial charge in [-0.15, -0.1) is 11.3 Å². The van der Waals surface area contributed by atoms with Crippen LogP contribution in [0, 0.1) is 6.92 Å². The van der Waals surface area contributed by atoms with Crippen molar-refractivity contribution in [2.75, 3.05) is 0 Å². The number of hydrogen-bond acceptors (Lipinski definition) is 1. The first-order chi connectivity index (χ1) is 25.6. The summed E-state index contributed by atoms with van der Waals surface area (Å²) in [5.74, 6) is 2.39. The van der Waals surface area contributed by atoms with E-state index >= 15 is 0 Å². The summed E-state index contributed by atoms with van der Waals surface area (Å²) in [5.41, 5.74) is 13.2. The second kappa shape index (κ2) is 12.7. The van der Waals surface area contributed by atoms with Gasteiger partial charge in [-0.1, -0.05) is 133 Å². The number of thiophene rings is 1. The molecular formula is C50H47N2S+. The largest absolute Gasteiger partial charge is 0.295 e. The van der Waals surface area contributed by atoms with Crippen molar-refractivity contribution in [1.29, 1.82) is 0 Å². The Morgan fingerprint density at radius 2 is 1.25 bits per heavy atom. The van der Waals surface area contributed by atoms with E-state index in [9.17, 15) is 0 Å². The molecule has 53 heavy (non-hydrogen) atoms. The molecule has 3 heteroatoms. The molecule has 262 valence electrons. The monoisotopic (exact) mass is 707 g/mol. The van der Waals surface area contributed by atoms with Crippen LogP contribution in [0.2, 0.25) is 0 Å². The number of imidazole rings is 1. The van der Waals surface area contributed by atoms with E-state index in [1.165, 1.54) is 103 Å². The Labute approximate surface area is 317 Å². The number of benzene rings is 7. The first-order valence-corrected chi connectivity index (χ1v) is 20.0. The van der Waals surface area contributed by atoms with Crippen molar-refractivity contribution >= 4 is 64.1 Å². The summed E-state index contributed by atoms with van der Waals surface area (Å²) in [4.78, 5) is 0. The van der Waals surface area contributed by atoms with Crippen LogP contribution in [0.15, 0.2) is 121 Å². The minimum atomic E-state index is 0.358. The van der Waals surface area contributed by atoms with Gasteiger partial charge in [0.05, 0.1) is 12.6 Å². The third kappa shape index (κ3) is 5.23. The summed E-state index contributed by atoms with van der Waals surface area (Å²) < 4.78 is 7.74. The van der Waals surface area contributed by atoms with Gasteiger partial charge >= 0.3 is 0 Å². The summed E-state index contributed by atoms with van der Waals surface area (Å²) >= 11 is 1.95. The zero-order valence-corrected chi connectivity index (χ0v) is 32.9.